The number of benzene rings is 2. The maximum absolute atomic E-state index is 13.4. The number of halogens is 1. The first-order valence-electron chi connectivity index (χ1n) is 9.30. The number of aromatic carboxylic acids is 1. The van der Waals surface area contributed by atoms with Gasteiger partial charge >= 0.3 is 5.97 Å². The highest BCUT2D eigenvalue weighted by Gasteiger charge is 2.44. The van der Waals surface area contributed by atoms with Crippen LogP contribution in [0.5, 0.6) is 0 Å². The lowest BCUT2D eigenvalue weighted by Gasteiger charge is -2.14. The number of carbonyl (C=O) groups excluding carboxylic acids is 1. The van der Waals surface area contributed by atoms with E-state index in [2.05, 4.69) is 5.32 Å². The number of amides is 1. The number of rotatable bonds is 6. The minimum absolute atomic E-state index is 0.00494. The zero-order chi connectivity index (χ0) is 21.7. The molecule has 1 amide bonds. The Labute approximate surface area is 178 Å². The molecule has 1 aromatic heterocycles. The first-order chi connectivity index (χ1) is 14.1. The third-order valence-electron chi connectivity index (χ3n) is 5.41. The summed E-state index contributed by atoms with van der Waals surface area (Å²) >= 11 is 6.08. The second-order valence-corrected chi connectivity index (χ2v) is 9.85. The van der Waals surface area contributed by atoms with Crippen LogP contribution in [0.15, 0.2) is 53.4 Å². The monoisotopic (exact) mass is 446 g/mol. The van der Waals surface area contributed by atoms with Crippen molar-refractivity contribution in [2.24, 2.45) is 5.41 Å². The van der Waals surface area contributed by atoms with Crippen molar-refractivity contribution < 1.29 is 23.1 Å². The Hall–Kier alpha value is -2.84. The number of carbonyl (C=O) groups is 2. The summed E-state index contributed by atoms with van der Waals surface area (Å²) in [4.78, 5) is 24.0. The standard InChI is InChI=1S/C21H19ClN2O5S/c1-21(7-8-21)20(27)23-12-14-9-13-10-17(22)16(19(25)26)11-18(13)24(14)30(28,29)15-5-3-2-4-6-15/h2-6,9-11H,7-8,12H2,1H3,(H,23,27)(H,25,26). The van der Waals surface area contributed by atoms with Crippen LogP contribution in [0.2, 0.25) is 5.02 Å². The third-order valence-corrected chi connectivity index (χ3v) is 7.50. The third kappa shape index (κ3) is 3.46. The van der Waals surface area contributed by atoms with Crippen molar-refractivity contribution in [2.45, 2.75) is 31.2 Å². The fourth-order valence-corrected chi connectivity index (χ4v) is 5.14. The second-order valence-electron chi connectivity index (χ2n) is 7.66. The number of hydrogen-bond acceptors (Lipinski definition) is 4. The molecular weight excluding hydrogens is 428 g/mol. The van der Waals surface area contributed by atoms with E-state index >= 15 is 0 Å². The maximum atomic E-state index is 13.4. The van der Waals surface area contributed by atoms with E-state index in [1.165, 1.54) is 24.3 Å². The van der Waals surface area contributed by atoms with Crippen molar-refractivity contribution in [3.63, 3.8) is 0 Å². The summed E-state index contributed by atoms with van der Waals surface area (Å²) < 4.78 is 27.9. The summed E-state index contributed by atoms with van der Waals surface area (Å²) in [6.45, 7) is 1.84. The van der Waals surface area contributed by atoms with Gasteiger partial charge < -0.3 is 10.4 Å². The number of nitrogens with one attached hydrogen (secondary N) is 1. The number of nitrogens with zero attached hydrogens (tertiary/aromatic N) is 1. The molecule has 2 N–H and O–H groups in total. The molecule has 1 aliphatic rings. The number of carboxylic acids is 1. The molecule has 1 aliphatic carbocycles. The average Bonchev–Trinajstić information content (AvgIpc) is 3.35. The molecule has 0 radical (unpaired) electrons. The van der Waals surface area contributed by atoms with Crippen molar-refractivity contribution in [3.05, 3.63) is 64.8 Å². The number of fused-ring (bicyclic) bond motifs is 1. The van der Waals surface area contributed by atoms with Gasteiger partial charge in [0.05, 0.1) is 33.2 Å². The highest BCUT2D eigenvalue weighted by molar-refractivity contribution is 7.90. The van der Waals surface area contributed by atoms with Gasteiger partial charge in [0.25, 0.3) is 10.0 Å². The summed E-state index contributed by atoms with van der Waals surface area (Å²) in [6, 6.07) is 12.1. The minimum atomic E-state index is -4.05. The largest absolute Gasteiger partial charge is 0.478 e. The fraction of sp³-hybridized carbons (Fsp3) is 0.238. The van der Waals surface area contributed by atoms with Crippen molar-refractivity contribution >= 4 is 44.4 Å². The Morgan fingerprint density at radius 3 is 2.43 bits per heavy atom. The van der Waals surface area contributed by atoms with E-state index in [1.807, 2.05) is 6.92 Å². The van der Waals surface area contributed by atoms with Crippen LogP contribution >= 0.6 is 11.6 Å². The molecule has 0 spiro atoms. The van der Waals surface area contributed by atoms with Gasteiger partial charge in [0, 0.05) is 10.8 Å². The first kappa shape index (κ1) is 20.4. The quantitative estimate of drug-likeness (QED) is 0.601. The lowest BCUT2D eigenvalue weighted by atomic mass is 10.1. The number of carboxylic acid groups (broad SMARTS) is 1. The summed E-state index contributed by atoms with van der Waals surface area (Å²) in [6.07, 6.45) is 1.59. The molecule has 4 rings (SSSR count). The van der Waals surface area contributed by atoms with E-state index in [-0.39, 0.29) is 33.5 Å². The topological polar surface area (TPSA) is 105 Å². The van der Waals surface area contributed by atoms with Gasteiger partial charge in [0.15, 0.2) is 0 Å². The van der Waals surface area contributed by atoms with E-state index in [0.717, 1.165) is 16.8 Å². The summed E-state index contributed by atoms with van der Waals surface area (Å²) in [5.41, 5.74) is -0.116. The van der Waals surface area contributed by atoms with E-state index in [1.54, 1.807) is 24.3 Å². The minimum Gasteiger partial charge on any atom is -0.478 e. The molecule has 7 nitrogen and oxygen atoms in total. The molecule has 0 bridgehead atoms. The van der Waals surface area contributed by atoms with Crippen molar-refractivity contribution in [1.82, 2.24) is 9.29 Å². The second kappa shape index (κ2) is 7.14. The normalized spacial score (nSPS) is 15.1. The van der Waals surface area contributed by atoms with Gasteiger partial charge in [-0.05, 0) is 43.2 Å². The number of hydrogen-bond donors (Lipinski definition) is 2. The summed E-state index contributed by atoms with van der Waals surface area (Å²) in [5, 5.41) is 12.7. The van der Waals surface area contributed by atoms with Crippen molar-refractivity contribution in [2.75, 3.05) is 0 Å². The molecule has 0 saturated heterocycles. The van der Waals surface area contributed by atoms with Gasteiger partial charge in [-0.1, -0.05) is 36.7 Å². The van der Waals surface area contributed by atoms with Crippen LogP contribution in [0.4, 0.5) is 0 Å². The first-order valence-corrected chi connectivity index (χ1v) is 11.1. The van der Waals surface area contributed by atoms with Crippen LogP contribution in [-0.2, 0) is 21.4 Å². The van der Waals surface area contributed by atoms with Gasteiger partial charge in [-0.2, -0.15) is 0 Å². The van der Waals surface area contributed by atoms with E-state index in [9.17, 15) is 23.1 Å². The van der Waals surface area contributed by atoms with Crippen LogP contribution < -0.4 is 5.32 Å². The van der Waals surface area contributed by atoms with Crippen LogP contribution in [0.1, 0.15) is 35.8 Å². The molecule has 0 atom stereocenters. The summed E-state index contributed by atoms with van der Waals surface area (Å²) in [7, 11) is -4.05. The Morgan fingerprint density at radius 1 is 1.17 bits per heavy atom. The van der Waals surface area contributed by atoms with Crippen molar-refractivity contribution in [1.29, 1.82) is 0 Å². The molecule has 1 heterocycles. The molecule has 1 saturated carbocycles. The molecule has 2 aromatic carbocycles. The lowest BCUT2D eigenvalue weighted by Crippen LogP contribution is -2.31. The Bertz CT molecular complexity index is 1280. The number of aromatic nitrogens is 1. The van der Waals surface area contributed by atoms with Crippen LogP contribution in [0.25, 0.3) is 10.9 Å². The Kier molecular flexibility index (Phi) is 4.86. The van der Waals surface area contributed by atoms with Gasteiger partial charge in [0.1, 0.15) is 0 Å². The zero-order valence-corrected chi connectivity index (χ0v) is 17.6. The Balaban J connectivity index is 1.88. The van der Waals surface area contributed by atoms with Gasteiger partial charge in [-0.15, -0.1) is 0 Å². The molecule has 156 valence electrons. The SMILES string of the molecule is CC1(C(=O)NCc2cc3cc(Cl)c(C(=O)O)cc3n2S(=O)(=O)c2ccccc2)CC1. The highest BCUT2D eigenvalue weighted by atomic mass is 35.5. The predicted molar refractivity (Wildman–Crippen MR) is 112 cm³/mol. The zero-order valence-electron chi connectivity index (χ0n) is 16.1. The molecule has 3 aromatic rings. The fourth-order valence-electron chi connectivity index (χ4n) is 3.33. The highest BCUT2D eigenvalue weighted by Crippen LogP contribution is 2.45. The molecule has 0 aliphatic heterocycles. The Morgan fingerprint density at radius 2 is 1.83 bits per heavy atom. The molecule has 30 heavy (non-hydrogen) atoms. The smallest absolute Gasteiger partial charge is 0.337 e. The van der Waals surface area contributed by atoms with E-state index < -0.39 is 21.4 Å². The van der Waals surface area contributed by atoms with Gasteiger partial charge in [-0.25, -0.2) is 17.2 Å². The van der Waals surface area contributed by atoms with E-state index in [0.29, 0.717) is 11.1 Å². The maximum Gasteiger partial charge on any atom is 0.337 e. The average molecular weight is 447 g/mol. The van der Waals surface area contributed by atoms with Crippen LogP contribution in [0, 0.1) is 5.41 Å². The molecule has 0 unspecified atom stereocenters. The summed E-state index contributed by atoms with van der Waals surface area (Å²) in [5.74, 6) is -1.40. The van der Waals surface area contributed by atoms with Gasteiger partial charge in [0.2, 0.25) is 5.91 Å². The van der Waals surface area contributed by atoms with Gasteiger partial charge in [-0.3, -0.25) is 4.79 Å². The predicted octanol–water partition coefficient (Wildman–Crippen LogP) is 3.65. The van der Waals surface area contributed by atoms with E-state index in [4.69, 9.17) is 11.6 Å². The lowest BCUT2D eigenvalue weighted by molar-refractivity contribution is -0.125. The van der Waals surface area contributed by atoms with Crippen LogP contribution in [-0.4, -0.2) is 29.4 Å². The molecule has 1 fully saturated rings. The van der Waals surface area contributed by atoms with Crippen LogP contribution in [0.3, 0.4) is 0 Å². The van der Waals surface area contributed by atoms with Crippen molar-refractivity contribution in [3.8, 4) is 0 Å². The molecule has 9 heteroatoms. The molecular formula is C21H19ClN2O5S.